The Bertz CT molecular complexity index is 845. The van der Waals surface area contributed by atoms with Gasteiger partial charge in [-0.1, -0.05) is 6.07 Å². The highest BCUT2D eigenvalue weighted by molar-refractivity contribution is 6.02. The molecule has 5 heteroatoms. The van der Waals surface area contributed by atoms with Crippen LogP contribution < -0.4 is 10.1 Å². The molecule has 2 aromatic carbocycles. The molecule has 0 aliphatic rings. The molecule has 1 amide bonds. The van der Waals surface area contributed by atoms with E-state index in [-0.39, 0.29) is 12.0 Å². The van der Waals surface area contributed by atoms with Crippen LogP contribution in [-0.2, 0) is 9.53 Å². The van der Waals surface area contributed by atoms with E-state index >= 15 is 0 Å². The summed E-state index contributed by atoms with van der Waals surface area (Å²) in [6.07, 6.45) is 3.05. The molecule has 0 spiro atoms. The molecule has 0 aliphatic heterocycles. The zero-order valence-electron chi connectivity index (χ0n) is 16.3. The van der Waals surface area contributed by atoms with Crippen molar-refractivity contribution in [3.63, 3.8) is 0 Å². The minimum absolute atomic E-state index is 0.199. The van der Waals surface area contributed by atoms with Crippen molar-refractivity contribution in [2.45, 2.75) is 33.8 Å². The zero-order valence-corrected chi connectivity index (χ0v) is 16.3. The summed E-state index contributed by atoms with van der Waals surface area (Å²) in [5.74, 6) is 0.0943. The summed E-state index contributed by atoms with van der Waals surface area (Å²) in [6, 6.07) is 10.5. The highest BCUT2D eigenvalue weighted by Crippen LogP contribution is 2.22. The second-order valence-corrected chi connectivity index (χ2v) is 6.53. The van der Waals surface area contributed by atoms with Crippen LogP contribution in [0, 0.1) is 13.8 Å². The van der Waals surface area contributed by atoms with Gasteiger partial charge in [-0.05, 0) is 80.8 Å². The van der Waals surface area contributed by atoms with Crippen molar-refractivity contribution in [3.05, 3.63) is 64.7 Å². The number of hydrogen-bond donors (Lipinski definition) is 1. The average Bonchev–Trinajstić information content (AvgIpc) is 2.60. The Morgan fingerprint density at radius 1 is 1.07 bits per heavy atom. The smallest absolute Gasteiger partial charge is 0.338 e. The van der Waals surface area contributed by atoms with Crippen molar-refractivity contribution < 1.29 is 19.1 Å². The normalized spacial score (nSPS) is 10.9. The van der Waals surface area contributed by atoms with E-state index in [9.17, 15) is 9.59 Å². The fourth-order valence-electron chi connectivity index (χ4n) is 2.66. The largest absolute Gasteiger partial charge is 0.497 e. The Labute approximate surface area is 160 Å². The summed E-state index contributed by atoms with van der Waals surface area (Å²) in [5.41, 5.74) is 3.95. The van der Waals surface area contributed by atoms with Crippen molar-refractivity contribution in [2.75, 3.05) is 12.4 Å². The molecule has 0 aromatic heterocycles. The van der Waals surface area contributed by atoms with E-state index in [1.54, 1.807) is 51.3 Å². The van der Waals surface area contributed by atoms with Gasteiger partial charge in [-0.15, -0.1) is 0 Å². The van der Waals surface area contributed by atoms with Crippen LogP contribution in [0.5, 0.6) is 5.75 Å². The molecule has 142 valence electrons. The van der Waals surface area contributed by atoms with E-state index in [0.29, 0.717) is 11.3 Å². The van der Waals surface area contributed by atoms with Crippen LogP contribution in [0.15, 0.2) is 42.5 Å². The summed E-state index contributed by atoms with van der Waals surface area (Å²) >= 11 is 0. The Kier molecular flexibility index (Phi) is 6.77. The van der Waals surface area contributed by atoms with Gasteiger partial charge >= 0.3 is 5.97 Å². The van der Waals surface area contributed by atoms with E-state index in [1.807, 2.05) is 26.0 Å². The number of benzene rings is 2. The minimum Gasteiger partial charge on any atom is -0.497 e. The van der Waals surface area contributed by atoms with Crippen molar-refractivity contribution in [2.24, 2.45) is 0 Å². The molecule has 0 bridgehead atoms. The number of rotatable bonds is 6. The topological polar surface area (TPSA) is 64.6 Å². The number of hydrogen-bond acceptors (Lipinski definition) is 4. The molecule has 0 fully saturated rings. The summed E-state index contributed by atoms with van der Waals surface area (Å²) < 4.78 is 10.4. The fraction of sp³-hybridized carbons (Fsp3) is 0.273. The molecule has 0 heterocycles. The number of methoxy groups -OCH3 is 1. The van der Waals surface area contributed by atoms with Gasteiger partial charge in [0.2, 0.25) is 5.91 Å². The first-order valence-electron chi connectivity index (χ1n) is 8.75. The van der Waals surface area contributed by atoms with Crippen LogP contribution in [0.1, 0.15) is 40.9 Å². The zero-order chi connectivity index (χ0) is 20.0. The van der Waals surface area contributed by atoms with Gasteiger partial charge in [0.25, 0.3) is 0 Å². The monoisotopic (exact) mass is 367 g/mol. The first kappa shape index (κ1) is 20.2. The lowest BCUT2D eigenvalue weighted by Gasteiger charge is -2.10. The second kappa shape index (κ2) is 9.03. The molecule has 0 radical (unpaired) electrons. The van der Waals surface area contributed by atoms with Crippen LogP contribution >= 0.6 is 0 Å². The first-order valence-corrected chi connectivity index (χ1v) is 8.75. The molecule has 2 rings (SSSR count). The van der Waals surface area contributed by atoms with Crippen LogP contribution in [0.3, 0.4) is 0 Å². The first-order chi connectivity index (χ1) is 12.8. The highest BCUT2D eigenvalue weighted by Gasteiger charge is 2.10. The van der Waals surface area contributed by atoms with Crippen molar-refractivity contribution >= 4 is 23.6 Å². The number of ether oxygens (including phenoxy) is 2. The Balaban J connectivity index is 2.10. The number of anilines is 1. The number of carbonyl (C=O) groups is 2. The van der Waals surface area contributed by atoms with Crippen molar-refractivity contribution in [1.82, 2.24) is 0 Å². The quantitative estimate of drug-likeness (QED) is 0.602. The van der Waals surface area contributed by atoms with Crippen LogP contribution in [-0.4, -0.2) is 25.1 Å². The number of nitrogens with one attached hydrogen (secondary N) is 1. The maximum atomic E-state index is 12.3. The number of amides is 1. The van der Waals surface area contributed by atoms with E-state index in [4.69, 9.17) is 9.47 Å². The van der Waals surface area contributed by atoms with Gasteiger partial charge < -0.3 is 14.8 Å². The second-order valence-electron chi connectivity index (χ2n) is 6.53. The highest BCUT2D eigenvalue weighted by atomic mass is 16.5. The minimum atomic E-state index is -0.416. The third-order valence-corrected chi connectivity index (χ3v) is 3.91. The van der Waals surface area contributed by atoms with Crippen molar-refractivity contribution in [1.29, 1.82) is 0 Å². The van der Waals surface area contributed by atoms with Gasteiger partial charge in [0, 0.05) is 11.8 Å². The number of aryl methyl sites for hydroxylation is 2. The standard InChI is InChI=1S/C22H25NO4/c1-14(2)27-22(25)17-7-6-8-18(13-17)23-21(24)10-9-20-15(3)11-19(26-5)12-16(20)4/h6-14H,1-5H3,(H,23,24)/b10-9+. The van der Waals surface area contributed by atoms with Crippen LogP contribution in [0.25, 0.3) is 6.08 Å². The molecule has 1 N–H and O–H groups in total. The van der Waals surface area contributed by atoms with Crippen molar-refractivity contribution in [3.8, 4) is 5.75 Å². The third kappa shape index (κ3) is 5.71. The molecular formula is C22H25NO4. The van der Waals surface area contributed by atoms with E-state index < -0.39 is 5.97 Å². The maximum absolute atomic E-state index is 12.3. The summed E-state index contributed by atoms with van der Waals surface area (Å²) in [4.78, 5) is 24.2. The van der Waals surface area contributed by atoms with E-state index in [2.05, 4.69) is 5.32 Å². The molecule has 0 saturated carbocycles. The molecular weight excluding hydrogens is 342 g/mol. The lowest BCUT2D eigenvalue weighted by molar-refractivity contribution is -0.111. The van der Waals surface area contributed by atoms with Crippen LogP contribution in [0.4, 0.5) is 5.69 Å². The molecule has 2 aromatic rings. The molecule has 27 heavy (non-hydrogen) atoms. The van der Waals surface area contributed by atoms with Gasteiger partial charge in [0.15, 0.2) is 0 Å². The molecule has 0 atom stereocenters. The van der Waals surface area contributed by atoms with E-state index in [1.165, 1.54) is 6.08 Å². The van der Waals surface area contributed by atoms with Gasteiger partial charge in [-0.3, -0.25) is 4.79 Å². The number of esters is 1. The lowest BCUT2D eigenvalue weighted by Crippen LogP contribution is -2.13. The molecule has 0 saturated heterocycles. The average molecular weight is 367 g/mol. The van der Waals surface area contributed by atoms with Gasteiger partial charge in [-0.2, -0.15) is 0 Å². The predicted octanol–water partition coefficient (Wildman–Crippen LogP) is 4.53. The van der Waals surface area contributed by atoms with E-state index in [0.717, 1.165) is 22.4 Å². The fourth-order valence-corrected chi connectivity index (χ4v) is 2.66. The Morgan fingerprint density at radius 2 is 1.74 bits per heavy atom. The lowest BCUT2D eigenvalue weighted by atomic mass is 10.0. The Morgan fingerprint density at radius 3 is 2.33 bits per heavy atom. The van der Waals surface area contributed by atoms with Gasteiger partial charge in [-0.25, -0.2) is 4.79 Å². The summed E-state index contributed by atoms with van der Waals surface area (Å²) in [6.45, 7) is 7.52. The summed E-state index contributed by atoms with van der Waals surface area (Å²) in [7, 11) is 1.63. The predicted molar refractivity (Wildman–Crippen MR) is 107 cm³/mol. The maximum Gasteiger partial charge on any atom is 0.338 e. The van der Waals surface area contributed by atoms with Gasteiger partial charge in [0.05, 0.1) is 18.8 Å². The SMILES string of the molecule is COc1cc(C)c(/C=C/C(=O)Nc2cccc(C(=O)OC(C)C)c2)c(C)c1. The third-order valence-electron chi connectivity index (χ3n) is 3.91. The van der Waals surface area contributed by atoms with Crippen LogP contribution in [0.2, 0.25) is 0 Å². The molecule has 0 unspecified atom stereocenters. The Hall–Kier alpha value is -3.08. The summed E-state index contributed by atoms with van der Waals surface area (Å²) in [5, 5.41) is 2.76. The number of carbonyl (C=O) groups excluding carboxylic acids is 2. The molecule has 5 nitrogen and oxygen atoms in total. The van der Waals surface area contributed by atoms with Gasteiger partial charge in [0.1, 0.15) is 5.75 Å². The molecule has 0 aliphatic carbocycles.